The summed E-state index contributed by atoms with van der Waals surface area (Å²) in [5.41, 5.74) is 0.0834. The van der Waals surface area contributed by atoms with Crippen LogP contribution in [0.3, 0.4) is 0 Å². The number of halogens is 1. The lowest BCUT2D eigenvalue weighted by atomic mass is 10.1. The number of benzene rings is 1. The molecule has 0 atom stereocenters. The van der Waals surface area contributed by atoms with E-state index in [1.165, 1.54) is 25.3 Å². The van der Waals surface area contributed by atoms with Crippen LogP contribution in [-0.4, -0.2) is 55.9 Å². The second-order valence-electron chi connectivity index (χ2n) is 6.61. The normalized spacial score (nSPS) is 15.2. The van der Waals surface area contributed by atoms with E-state index in [1.54, 1.807) is 4.90 Å². The summed E-state index contributed by atoms with van der Waals surface area (Å²) in [7, 11) is 1.28. The molecule has 24 heavy (non-hydrogen) atoms. The van der Waals surface area contributed by atoms with Crippen molar-refractivity contribution in [2.45, 2.75) is 26.4 Å². The number of amides is 1. The fraction of sp³-hybridized carbons (Fsp3) is 0.529. The van der Waals surface area contributed by atoms with E-state index >= 15 is 0 Å². The molecule has 1 aliphatic heterocycles. The second kappa shape index (κ2) is 7.07. The Morgan fingerprint density at radius 1 is 1.12 bits per heavy atom. The first-order valence-electron chi connectivity index (χ1n) is 7.82. The highest BCUT2D eigenvalue weighted by Crippen LogP contribution is 2.23. The number of esters is 1. The van der Waals surface area contributed by atoms with Crippen LogP contribution in [0.15, 0.2) is 18.2 Å². The Hall–Kier alpha value is -2.31. The molecule has 0 aromatic heterocycles. The maximum absolute atomic E-state index is 14.1. The fourth-order valence-corrected chi connectivity index (χ4v) is 2.46. The van der Waals surface area contributed by atoms with Gasteiger partial charge >= 0.3 is 12.1 Å². The lowest BCUT2D eigenvalue weighted by Gasteiger charge is -2.36. The van der Waals surface area contributed by atoms with Crippen molar-refractivity contribution in [2.24, 2.45) is 0 Å². The number of hydrogen-bond donors (Lipinski definition) is 0. The molecule has 132 valence electrons. The van der Waals surface area contributed by atoms with Crippen molar-refractivity contribution in [2.75, 3.05) is 38.2 Å². The molecule has 0 aliphatic carbocycles. The number of piperazine rings is 1. The molecule has 1 fully saturated rings. The van der Waals surface area contributed by atoms with E-state index in [9.17, 15) is 14.0 Å². The van der Waals surface area contributed by atoms with Gasteiger partial charge in [-0.1, -0.05) is 0 Å². The van der Waals surface area contributed by atoms with Gasteiger partial charge in [-0.3, -0.25) is 0 Å². The number of carbonyl (C=O) groups is 2. The van der Waals surface area contributed by atoms with Crippen LogP contribution >= 0.6 is 0 Å². The summed E-state index contributed by atoms with van der Waals surface area (Å²) in [6.45, 7) is 7.22. The minimum absolute atomic E-state index is 0.295. The van der Waals surface area contributed by atoms with E-state index in [1.807, 2.05) is 25.7 Å². The van der Waals surface area contributed by atoms with Crippen LogP contribution in [0.2, 0.25) is 0 Å². The molecular weight excluding hydrogens is 315 g/mol. The van der Waals surface area contributed by atoms with Crippen molar-refractivity contribution in [3.63, 3.8) is 0 Å². The second-order valence-corrected chi connectivity index (χ2v) is 6.61. The van der Waals surface area contributed by atoms with Crippen LogP contribution in [-0.2, 0) is 9.47 Å². The van der Waals surface area contributed by atoms with Gasteiger partial charge in [-0.15, -0.1) is 0 Å². The Balaban J connectivity index is 2.04. The van der Waals surface area contributed by atoms with Crippen LogP contribution in [0.4, 0.5) is 14.9 Å². The zero-order chi connectivity index (χ0) is 17.9. The van der Waals surface area contributed by atoms with Gasteiger partial charge in [-0.05, 0) is 39.0 Å². The molecule has 2 rings (SSSR count). The standard InChI is InChI=1S/C17H23FN2O4/c1-17(2,3)24-16(22)20-9-7-19(8-10-20)14-11-12(15(21)23-4)5-6-13(14)18/h5-6,11H,7-10H2,1-4H3. The zero-order valence-electron chi connectivity index (χ0n) is 14.5. The maximum Gasteiger partial charge on any atom is 0.410 e. The Kier molecular flexibility index (Phi) is 5.31. The zero-order valence-corrected chi connectivity index (χ0v) is 14.5. The Labute approximate surface area is 141 Å². The van der Waals surface area contributed by atoms with Gasteiger partial charge in [-0.2, -0.15) is 0 Å². The van der Waals surface area contributed by atoms with E-state index in [0.29, 0.717) is 37.4 Å². The average molecular weight is 338 g/mol. The molecule has 1 aromatic rings. The van der Waals surface area contributed by atoms with E-state index in [2.05, 4.69) is 4.74 Å². The summed E-state index contributed by atoms with van der Waals surface area (Å²) in [5, 5.41) is 0. The lowest BCUT2D eigenvalue weighted by Crippen LogP contribution is -2.50. The van der Waals surface area contributed by atoms with E-state index in [-0.39, 0.29) is 6.09 Å². The third kappa shape index (κ3) is 4.37. The third-order valence-electron chi connectivity index (χ3n) is 3.64. The smallest absolute Gasteiger partial charge is 0.410 e. The van der Waals surface area contributed by atoms with Crippen LogP contribution in [0, 0.1) is 5.82 Å². The predicted octanol–water partition coefficient (Wildman–Crippen LogP) is 2.67. The third-order valence-corrected chi connectivity index (χ3v) is 3.64. The summed E-state index contributed by atoms with van der Waals surface area (Å²) >= 11 is 0. The number of hydrogen-bond acceptors (Lipinski definition) is 5. The molecule has 0 spiro atoms. The van der Waals surface area contributed by atoms with Gasteiger partial charge in [0, 0.05) is 26.2 Å². The average Bonchev–Trinajstić information content (AvgIpc) is 2.53. The van der Waals surface area contributed by atoms with Crippen LogP contribution < -0.4 is 4.90 Å². The number of nitrogens with zero attached hydrogens (tertiary/aromatic N) is 2. The molecular formula is C17H23FN2O4. The minimum Gasteiger partial charge on any atom is -0.465 e. The highest BCUT2D eigenvalue weighted by atomic mass is 19.1. The molecule has 1 saturated heterocycles. The van der Waals surface area contributed by atoms with Crippen molar-refractivity contribution in [1.29, 1.82) is 0 Å². The predicted molar refractivity (Wildman–Crippen MR) is 87.8 cm³/mol. The Morgan fingerprint density at radius 3 is 2.29 bits per heavy atom. The highest BCUT2D eigenvalue weighted by Gasteiger charge is 2.27. The van der Waals surface area contributed by atoms with Crippen molar-refractivity contribution >= 4 is 17.7 Å². The summed E-state index contributed by atoms with van der Waals surface area (Å²) in [6, 6.07) is 4.12. The highest BCUT2D eigenvalue weighted by molar-refractivity contribution is 5.90. The summed E-state index contributed by atoms with van der Waals surface area (Å²) in [6.07, 6.45) is -0.370. The quantitative estimate of drug-likeness (QED) is 0.776. The van der Waals surface area contributed by atoms with E-state index in [0.717, 1.165) is 0 Å². The van der Waals surface area contributed by atoms with Gasteiger partial charge in [-0.25, -0.2) is 14.0 Å². The first-order valence-corrected chi connectivity index (χ1v) is 7.82. The summed E-state index contributed by atoms with van der Waals surface area (Å²) in [4.78, 5) is 27.1. The number of ether oxygens (including phenoxy) is 2. The number of methoxy groups -OCH3 is 1. The number of carbonyl (C=O) groups excluding carboxylic acids is 2. The van der Waals surface area contributed by atoms with Crippen molar-refractivity contribution in [3.8, 4) is 0 Å². The molecule has 6 nitrogen and oxygen atoms in total. The van der Waals surface area contributed by atoms with Gasteiger partial charge in [0.25, 0.3) is 0 Å². The molecule has 1 heterocycles. The van der Waals surface area contributed by atoms with Gasteiger partial charge < -0.3 is 19.3 Å². The van der Waals surface area contributed by atoms with Crippen molar-refractivity contribution in [1.82, 2.24) is 4.90 Å². The molecule has 1 aromatic carbocycles. The van der Waals surface area contributed by atoms with E-state index in [4.69, 9.17) is 4.74 Å². The molecule has 1 amide bonds. The van der Waals surface area contributed by atoms with Crippen LogP contribution in [0.1, 0.15) is 31.1 Å². The topological polar surface area (TPSA) is 59.1 Å². The molecule has 0 saturated carbocycles. The molecule has 0 bridgehead atoms. The van der Waals surface area contributed by atoms with Crippen LogP contribution in [0.25, 0.3) is 0 Å². The first kappa shape index (κ1) is 18.0. The molecule has 0 unspecified atom stereocenters. The Bertz CT molecular complexity index is 620. The van der Waals surface area contributed by atoms with Gasteiger partial charge in [0.05, 0.1) is 18.4 Å². The molecule has 0 N–H and O–H groups in total. The van der Waals surface area contributed by atoms with Gasteiger partial charge in [0.15, 0.2) is 0 Å². The Morgan fingerprint density at radius 2 is 1.75 bits per heavy atom. The van der Waals surface area contributed by atoms with Crippen molar-refractivity contribution in [3.05, 3.63) is 29.6 Å². The fourth-order valence-electron chi connectivity index (χ4n) is 2.46. The first-order chi connectivity index (χ1) is 11.2. The van der Waals surface area contributed by atoms with E-state index < -0.39 is 17.4 Å². The minimum atomic E-state index is -0.546. The summed E-state index contributed by atoms with van der Waals surface area (Å²) in [5.74, 6) is -0.919. The monoisotopic (exact) mass is 338 g/mol. The molecule has 1 aliphatic rings. The van der Waals surface area contributed by atoms with Gasteiger partial charge in [0.2, 0.25) is 0 Å². The SMILES string of the molecule is COC(=O)c1ccc(F)c(N2CCN(C(=O)OC(C)(C)C)CC2)c1. The summed E-state index contributed by atoms with van der Waals surface area (Å²) < 4.78 is 24.1. The molecule has 7 heteroatoms. The maximum atomic E-state index is 14.1. The van der Waals surface area contributed by atoms with Crippen molar-refractivity contribution < 1.29 is 23.5 Å². The molecule has 0 radical (unpaired) electrons. The van der Waals surface area contributed by atoms with Crippen LogP contribution in [0.5, 0.6) is 0 Å². The van der Waals surface area contributed by atoms with Gasteiger partial charge in [0.1, 0.15) is 11.4 Å². The number of rotatable bonds is 2. The lowest BCUT2D eigenvalue weighted by molar-refractivity contribution is 0.0240. The largest absolute Gasteiger partial charge is 0.465 e. The number of anilines is 1.